The molecule has 0 bridgehead atoms. The molecule has 1 N–H and O–H groups in total. The number of ether oxygens (including phenoxy) is 1. The average Bonchev–Trinajstić information content (AvgIpc) is 3.02. The number of anilines is 1. The first kappa shape index (κ1) is 12.0. The summed E-state index contributed by atoms with van der Waals surface area (Å²) in [4.78, 5) is 17.9. The molecule has 0 atom stereocenters. The van der Waals surface area contributed by atoms with E-state index in [0.717, 1.165) is 22.3 Å². The van der Waals surface area contributed by atoms with Gasteiger partial charge in [-0.25, -0.2) is 0 Å². The van der Waals surface area contributed by atoms with Crippen molar-refractivity contribution in [2.24, 2.45) is 0 Å². The van der Waals surface area contributed by atoms with Crippen molar-refractivity contribution >= 4 is 22.5 Å². The van der Waals surface area contributed by atoms with Crippen LogP contribution in [0.5, 0.6) is 5.75 Å². The summed E-state index contributed by atoms with van der Waals surface area (Å²) in [6.45, 7) is 1.09. The van der Waals surface area contributed by atoms with Crippen LogP contribution in [0.2, 0.25) is 0 Å². The zero-order valence-electron chi connectivity index (χ0n) is 11.4. The maximum Gasteiger partial charge on any atom is 0.259 e. The summed E-state index contributed by atoms with van der Waals surface area (Å²) in [5, 5.41) is 0.950. The Morgan fingerprint density at radius 1 is 1.10 bits per heavy atom. The highest BCUT2D eigenvalue weighted by Gasteiger charge is 2.25. The Bertz CT molecular complexity index is 822. The topological polar surface area (TPSA) is 45.3 Å². The van der Waals surface area contributed by atoms with Crippen molar-refractivity contribution < 1.29 is 9.53 Å². The number of carbonyl (C=O) groups is 1. The molecule has 2 aromatic carbocycles. The molecule has 4 rings (SSSR count). The van der Waals surface area contributed by atoms with Gasteiger partial charge in [0.2, 0.25) is 0 Å². The Hall–Kier alpha value is -2.75. The minimum absolute atomic E-state index is 0.0101. The van der Waals surface area contributed by atoms with E-state index in [1.165, 1.54) is 0 Å². The fourth-order valence-electron chi connectivity index (χ4n) is 2.80. The van der Waals surface area contributed by atoms with Crippen molar-refractivity contribution in [3.63, 3.8) is 0 Å². The lowest BCUT2D eigenvalue weighted by Gasteiger charge is -2.29. The predicted octanol–water partition coefficient (Wildman–Crippen LogP) is 3.21. The highest BCUT2D eigenvalue weighted by Crippen LogP contribution is 2.32. The van der Waals surface area contributed by atoms with Gasteiger partial charge in [-0.1, -0.05) is 18.2 Å². The number of hydrogen-bond donors (Lipinski definition) is 1. The van der Waals surface area contributed by atoms with Crippen LogP contribution in [0.4, 0.5) is 5.69 Å². The van der Waals surface area contributed by atoms with Gasteiger partial charge < -0.3 is 14.6 Å². The van der Waals surface area contributed by atoms with E-state index in [0.29, 0.717) is 18.7 Å². The van der Waals surface area contributed by atoms with E-state index in [1.54, 1.807) is 4.90 Å². The van der Waals surface area contributed by atoms with Gasteiger partial charge in [0, 0.05) is 22.7 Å². The molecular formula is C17H14N2O2. The molecule has 4 heteroatoms. The molecule has 0 aliphatic carbocycles. The van der Waals surface area contributed by atoms with Crippen molar-refractivity contribution in [1.29, 1.82) is 0 Å². The van der Waals surface area contributed by atoms with Gasteiger partial charge in [-0.2, -0.15) is 0 Å². The van der Waals surface area contributed by atoms with E-state index < -0.39 is 0 Å². The van der Waals surface area contributed by atoms with Crippen LogP contribution in [0.3, 0.4) is 0 Å². The van der Waals surface area contributed by atoms with Crippen LogP contribution in [-0.2, 0) is 0 Å². The quantitative estimate of drug-likeness (QED) is 0.743. The molecule has 104 valence electrons. The number of fused-ring (bicyclic) bond motifs is 2. The number of H-pyrrole nitrogens is 1. The maximum absolute atomic E-state index is 12.9. The standard InChI is InChI=1S/C17H14N2O2/c20-17(13-4-3-5-14-12(13)8-9-18-14)19-10-11-21-16-7-2-1-6-15(16)19/h1-9,18H,10-11H2. The Balaban J connectivity index is 1.81. The lowest BCUT2D eigenvalue weighted by molar-refractivity contribution is 0.0978. The molecule has 21 heavy (non-hydrogen) atoms. The van der Waals surface area contributed by atoms with Crippen molar-refractivity contribution in [2.75, 3.05) is 18.1 Å². The van der Waals surface area contributed by atoms with E-state index in [4.69, 9.17) is 4.74 Å². The van der Waals surface area contributed by atoms with Crippen LogP contribution < -0.4 is 9.64 Å². The number of nitrogens with one attached hydrogen (secondary N) is 1. The number of rotatable bonds is 1. The fraction of sp³-hybridized carbons (Fsp3) is 0.118. The second kappa shape index (κ2) is 4.66. The summed E-state index contributed by atoms with van der Waals surface area (Å²) in [5.74, 6) is 0.772. The SMILES string of the molecule is O=C(c1cccc2[nH]ccc12)N1CCOc2ccccc21. The number of para-hydroxylation sites is 2. The molecule has 0 fully saturated rings. The predicted molar refractivity (Wildman–Crippen MR) is 81.9 cm³/mol. The van der Waals surface area contributed by atoms with Crippen LogP contribution in [-0.4, -0.2) is 24.0 Å². The number of hydrogen-bond acceptors (Lipinski definition) is 2. The first-order chi connectivity index (χ1) is 10.3. The number of aromatic nitrogens is 1. The second-order valence-corrected chi connectivity index (χ2v) is 5.02. The minimum Gasteiger partial charge on any atom is -0.490 e. The van der Waals surface area contributed by atoms with Gasteiger partial charge in [-0.15, -0.1) is 0 Å². The van der Waals surface area contributed by atoms with Crippen LogP contribution >= 0.6 is 0 Å². The Kier molecular flexibility index (Phi) is 2.67. The average molecular weight is 278 g/mol. The van der Waals surface area contributed by atoms with Crippen LogP contribution in [0.25, 0.3) is 10.9 Å². The van der Waals surface area contributed by atoms with E-state index in [-0.39, 0.29) is 5.91 Å². The Morgan fingerprint density at radius 3 is 2.95 bits per heavy atom. The van der Waals surface area contributed by atoms with Gasteiger partial charge in [0.25, 0.3) is 5.91 Å². The first-order valence-electron chi connectivity index (χ1n) is 6.94. The summed E-state index contributed by atoms with van der Waals surface area (Å²) in [7, 11) is 0. The van der Waals surface area contributed by atoms with E-state index in [9.17, 15) is 4.79 Å². The summed E-state index contributed by atoms with van der Waals surface area (Å²) in [5.41, 5.74) is 2.52. The molecule has 3 aromatic rings. The maximum atomic E-state index is 12.9. The molecule has 2 heterocycles. The van der Waals surface area contributed by atoms with Crippen molar-refractivity contribution in [3.05, 3.63) is 60.3 Å². The molecule has 1 aliphatic heterocycles. The second-order valence-electron chi connectivity index (χ2n) is 5.02. The summed E-state index contributed by atoms with van der Waals surface area (Å²) >= 11 is 0. The minimum atomic E-state index is 0.0101. The van der Waals surface area contributed by atoms with Crippen molar-refractivity contribution in [2.45, 2.75) is 0 Å². The molecule has 1 amide bonds. The van der Waals surface area contributed by atoms with E-state index >= 15 is 0 Å². The third-order valence-corrected chi connectivity index (χ3v) is 3.80. The third-order valence-electron chi connectivity index (χ3n) is 3.80. The van der Waals surface area contributed by atoms with E-state index in [1.807, 2.05) is 54.7 Å². The van der Waals surface area contributed by atoms with E-state index in [2.05, 4.69) is 4.98 Å². The Labute approximate surface area is 122 Å². The number of aromatic amines is 1. The lowest BCUT2D eigenvalue weighted by Crippen LogP contribution is -2.37. The largest absolute Gasteiger partial charge is 0.490 e. The zero-order valence-corrected chi connectivity index (χ0v) is 11.4. The van der Waals surface area contributed by atoms with Crippen LogP contribution in [0.1, 0.15) is 10.4 Å². The van der Waals surface area contributed by atoms with Gasteiger partial charge in [-0.05, 0) is 30.3 Å². The van der Waals surface area contributed by atoms with Crippen LogP contribution in [0, 0.1) is 0 Å². The van der Waals surface area contributed by atoms with Gasteiger partial charge in [0.1, 0.15) is 12.4 Å². The first-order valence-corrected chi connectivity index (χ1v) is 6.94. The summed E-state index contributed by atoms with van der Waals surface area (Å²) < 4.78 is 5.61. The molecule has 1 aromatic heterocycles. The molecule has 1 aliphatic rings. The number of benzene rings is 2. The van der Waals surface area contributed by atoms with Gasteiger partial charge in [0.15, 0.2) is 0 Å². The normalized spacial score (nSPS) is 13.8. The number of amides is 1. The Morgan fingerprint density at radius 2 is 2.00 bits per heavy atom. The van der Waals surface area contributed by atoms with Crippen molar-refractivity contribution in [3.8, 4) is 5.75 Å². The molecule has 0 spiro atoms. The molecule has 0 radical (unpaired) electrons. The highest BCUT2D eigenvalue weighted by molar-refractivity contribution is 6.14. The smallest absolute Gasteiger partial charge is 0.259 e. The monoisotopic (exact) mass is 278 g/mol. The summed E-state index contributed by atoms with van der Waals surface area (Å²) in [6, 6.07) is 15.3. The van der Waals surface area contributed by atoms with Gasteiger partial charge >= 0.3 is 0 Å². The molecule has 0 saturated carbocycles. The van der Waals surface area contributed by atoms with Gasteiger partial charge in [0.05, 0.1) is 12.2 Å². The lowest BCUT2D eigenvalue weighted by atomic mass is 10.1. The van der Waals surface area contributed by atoms with Crippen LogP contribution in [0.15, 0.2) is 54.7 Å². The van der Waals surface area contributed by atoms with Gasteiger partial charge in [-0.3, -0.25) is 4.79 Å². The zero-order chi connectivity index (χ0) is 14.2. The molecule has 0 saturated heterocycles. The summed E-state index contributed by atoms with van der Waals surface area (Å²) in [6.07, 6.45) is 1.86. The molecule has 0 unspecified atom stereocenters. The molecule has 4 nitrogen and oxygen atoms in total. The highest BCUT2D eigenvalue weighted by atomic mass is 16.5. The molecular weight excluding hydrogens is 264 g/mol. The third kappa shape index (κ3) is 1.88. The number of carbonyl (C=O) groups excluding carboxylic acids is 1. The van der Waals surface area contributed by atoms with Crippen molar-refractivity contribution in [1.82, 2.24) is 4.98 Å². The number of nitrogens with zero attached hydrogens (tertiary/aromatic N) is 1. The fourth-order valence-corrected chi connectivity index (χ4v) is 2.80.